The summed E-state index contributed by atoms with van der Waals surface area (Å²) in [6.45, 7) is 0.0321. The van der Waals surface area contributed by atoms with Crippen LogP contribution in [0.1, 0.15) is 23.2 Å². The number of carbonyl (C=O) groups excluding carboxylic acids is 1. The topological polar surface area (TPSA) is 29.1 Å². The third kappa shape index (κ3) is 5.90. The highest BCUT2D eigenvalue weighted by molar-refractivity contribution is 14.1. The molecule has 0 unspecified atom stereocenters. The summed E-state index contributed by atoms with van der Waals surface area (Å²) in [5, 5.41) is 2.45. The molecule has 6 heteroatoms. The van der Waals surface area contributed by atoms with Crippen molar-refractivity contribution in [2.45, 2.75) is 19.0 Å². The number of rotatable bonds is 4. The highest BCUT2D eigenvalue weighted by atomic mass is 127. The molecule has 0 saturated heterocycles. The molecule has 1 aromatic rings. The van der Waals surface area contributed by atoms with Crippen LogP contribution < -0.4 is 5.32 Å². The van der Waals surface area contributed by atoms with Crippen LogP contribution in [0, 0.1) is 3.57 Å². The first kappa shape index (κ1) is 14.3. The van der Waals surface area contributed by atoms with Gasteiger partial charge in [-0.2, -0.15) is 13.2 Å². The van der Waals surface area contributed by atoms with Gasteiger partial charge in [0.15, 0.2) is 0 Å². The molecule has 0 fully saturated rings. The third-order valence-electron chi connectivity index (χ3n) is 2.03. The smallest absolute Gasteiger partial charge is 0.352 e. The van der Waals surface area contributed by atoms with Crippen molar-refractivity contribution in [3.63, 3.8) is 0 Å². The molecule has 0 atom stereocenters. The van der Waals surface area contributed by atoms with Crippen LogP contribution in [0.5, 0.6) is 0 Å². The second-order valence-electron chi connectivity index (χ2n) is 3.48. The van der Waals surface area contributed by atoms with Gasteiger partial charge in [-0.1, -0.05) is 0 Å². The molecule has 0 aromatic heterocycles. The maximum atomic E-state index is 11.8. The van der Waals surface area contributed by atoms with Gasteiger partial charge in [0.2, 0.25) is 0 Å². The molecule has 2 nitrogen and oxygen atoms in total. The summed E-state index contributed by atoms with van der Waals surface area (Å²) in [7, 11) is 0. The van der Waals surface area contributed by atoms with Gasteiger partial charge in [0.25, 0.3) is 5.91 Å². The molecule has 0 bridgehead atoms. The lowest BCUT2D eigenvalue weighted by Gasteiger charge is -2.07. The van der Waals surface area contributed by atoms with Gasteiger partial charge in [0.1, 0.15) is 0 Å². The molecule has 1 N–H and O–H groups in total. The molecule has 1 aromatic carbocycles. The molecule has 0 radical (unpaired) electrons. The van der Waals surface area contributed by atoms with E-state index in [2.05, 4.69) is 27.9 Å². The summed E-state index contributed by atoms with van der Waals surface area (Å²) in [6.07, 6.45) is -5.13. The van der Waals surface area contributed by atoms with E-state index in [-0.39, 0.29) is 18.9 Å². The molecule has 0 aliphatic rings. The van der Waals surface area contributed by atoms with Crippen LogP contribution in [0.3, 0.4) is 0 Å². The number of hydrogen-bond acceptors (Lipinski definition) is 1. The number of halogens is 4. The van der Waals surface area contributed by atoms with Crippen molar-refractivity contribution in [3.8, 4) is 0 Å². The van der Waals surface area contributed by atoms with Crippen molar-refractivity contribution in [3.05, 3.63) is 33.4 Å². The fourth-order valence-corrected chi connectivity index (χ4v) is 1.55. The number of hydrogen-bond donors (Lipinski definition) is 1. The Kier molecular flexibility index (Phi) is 5.23. The Balaban J connectivity index is 2.33. The number of benzene rings is 1. The zero-order chi connectivity index (χ0) is 12.9. The van der Waals surface area contributed by atoms with Crippen LogP contribution >= 0.6 is 22.6 Å². The van der Waals surface area contributed by atoms with Gasteiger partial charge in [-0.05, 0) is 53.3 Å². The Labute approximate surface area is 111 Å². The largest absolute Gasteiger partial charge is 0.389 e. The van der Waals surface area contributed by atoms with E-state index in [1.54, 1.807) is 24.3 Å². The number of carbonyl (C=O) groups is 1. The van der Waals surface area contributed by atoms with Crippen LogP contribution in [-0.2, 0) is 0 Å². The van der Waals surface area contributed by atoms with E-state index in [9.17, 15) is 18.0 Å². The SMILES string of the molecule is O=C(NCCCC(F)(F)F)c1ccc(I)cc1. The van der Waals surface area contributed by atoms with Gasteiger partial charge in [-0.15, -0.1) is 0 Å². The van der Waals surface area contributed by atoms with Crippen molar-refractivity contribution in [2.24, 2.45) is 0 Å². The average molecular weight is 357 g/mol. The Morgan fingerprint density at radius 2 is 1.82 bits per heavy atom. The lowest BCUT2D eigenvalue weighted by Crippen LogP contribution is -2.25. The predicted molar refractivity (Wildman–Crippen MR) is 66.8 cm³/mol. The quantitative estimate of drug-likeness (QED) is 0.650. The minimum atomic E-state index is -4.16. The van der Waals surface area contributed by atoms with Gasteiger partial charge in [-0.25, -0.2) is 0 Å². The van der Waals surface area contributed by atoms with E-state index in [0.29, 0.717) is 5.56 Å². The van der Waals surface area contributed by atoms with Crippen LogP contribution in [0.4, 0.5) is 13.2 Å². The Hall–Kier alpha value is -0.790. The molecule has 94 valence electrons. The molecule has 0 aliphatic carbocycles. The van der Waals surface area contributed by atoms with Gasteiger partial charge in [0.05, 0.1) is 0 Å². The summed E-state index contributed by atoms with van der Waals surface area (Å²) in [4.78, 5) is 11.5. The Bertz CT molecular complexity index is 375. The van der Waals surface area contributed by atoms with Crippen molar-refractivity contribution in [1.29, 1.82) is 0 Å². The van der Waals surface area contributed by atoms with Crippen LogP contribution in [0.15, 0.2) is 24.3 Å². The van der Waals surface area contributed by atoms with Gasteiger partial charge >= 0.3 is 6.18 Å². The van der Waals surface area contributed by atoms with E-state index in [0.717, 1.165) is 3.57 Å². The zero-order valence-electron chi connectivity index (χ0n) is 8.85. The third-order valence-corrected chi connectivity index (χ3v) is 2.75. The number of alkyl halides is 3. The standard InChI is InChI=1S/C11H11F3INO/c12-11(13,14)6-1-7-16-10(17)8-2-4-9(15)5-3-8/h2-5H,1,6-7H2,(H,16,17). The highest BCUT2D eigenvalue weighted by Crippen LogP contribution is 2.20. The Morgan fingerprint density at radius 1 is 1.24 bits per heavy atom. The van der Waals surface area contributed by atoms with Gasteiger partial charge in [0, 0.05) is 22.1 Å². The van der Waals surface area contributed by atoms with Crippen molar-refractivity contribution in [1.82, 2.24) is 5.32 Å². The number of amides is 1. The monoisotopic (exact) mass is 357 g/mol. The molecule has 0 spiro atoms. The normalized spacial score (nSPS) is 11.3. The second-order valence-corrected chi connectivity index (χ2v) is 4.73. The van der Waals surface area contributed by atoms with E-state index in [1.165, 1.54) is 0 Å². The number of nitrogens with one attached hydrogen (secondary N) is 1. The predicted octanol–water partition coefficient (Wildman–Crippen LogP) is 3.36. The first-order chi connectivity index (χ1) is 7.88. The van der Waals surface area contributed by atoms with E-state index < -0.39 is 12.6 Å². The van der Waals surface area contributed by atoms with E-state index in [4.69, 9.17) is 0 Å². The van der Waals surface area contributed by atoms with Crippen LogP contribution in [-0.4, -0.2) is 18.6 Å². The molecular formula is C11H11F3INO. The first-order valence-corrected chi connectivity index (χ1v) is 6.07. The lowest BCUT2D eigenvalue weighted by molar-refractivity contribution is -0.135. The molecule has 0 saturated carbocycles. The van der Waals surface area contributed by atoms with Crippen LogP contribution in [0.2, 0.25) is 0 Å². The van der Waals surface area contributed by atoms with Gasteiger partial charge < -0.3 is 5.32 Å². The van der Waals surface area contributed by atoms with Crippen molar-refractivity contribution >= 4 is 28.5 Å². The first-order valence-electron chi connectivity index (χ1n) is 4.99. The molecule has 0 aliphatic heterocycles. The zero-order valence-corrected chi connectivity index (χ0v) is 11.0. The highest BCUT2D eigenvalue weighted by Gasteiger charge is 2.25. The van der Waals surface area contributed by atoms with Crippen molar-refractivity contribution in [2.75, 3.05) is 6.54 Å². The summed E-state index contributed by atoms with van der Waals surface area (Å²) in [5.74, 6) is -0.344. The van der Waals surface area contributed by atoms with Crippen LogP contribution in [0.25, 0.3) is 0 Å². The maximum absolute atomic E-state index is 11.8. The molecular weight excluding hydrogens is 346 g/mol. The summed E-state index contributed by atoms with van der Waals surface area (Å²) in [5.41, 5.74) is 0.456. The van der Waals surface area contributed by atoms with E-state index in [1.807, 2.05) is 0 Å². The van der Waals surface area contributed by atoms with E-state index >= 15 is 0 Å². The summed E-state index contributed by atoms with van der Waals surface area (Å²) in [6, 6.07) is 6.82. The average Bonchev–Trinajstić information content (AvgIpc) is 2.24. The molecule has 1 rings (SSSR count). The minimum Gasteiger partial charge on any atom is -0.352 e. The molecule has 0 heterocycles. The minimum absolute atomic E-state index is 0.0321. The summed E-state index contributed by atoms with van der Waals surface area (Å²) >= 11 is 2.11. The van der Waals surface area contributed by atoms with Crippen molar-refractivity contribution < 1.29 is 18.0 Å². The van der Waals surface area contributed by atoms with Gasteiger partial charge in [-0.3, -0.25) is 4.79 Å². The lowest BCUT2D eigenvalue weighted by atomic mass is 10.2. The molecule has 17 heavy (non-hydrogen) atoms. The second kappa shape index (κ2) is 6.23. The summed E-state index contributed by atoms with van der Waals surface area (Å²) < 4.78 is 36.5. The molecule has 1 amide bonds. The maximum Gasteiger partial charge on any atom is 0.389 e. The fourth-order valence-electron chi connectivity index (χ4n) is 1.19. The Morgan fingerprint density at radius 3 is 2.35 bits per heavy atom. The fraction of sp³-hybridized carbons (Fsp3) is 0.364.